The normalized spacial score (nSPS) is 11.3. The molecular weight excluding hydrogens is 348 g/mol. The molecule has 0 aromatic heterocycles. The van der Waals surface area contributed by atoms with Crippen LogP contribution in [-0.2, 0) is 19.1 Å². The van der Waals surface area contributed by atoms with Crippen molar-refractivity contribution in [1.82, 2.24) is 10.2 Å². The Labute approximate surface area is 149 Å². The van der Waals surface area contributed by atoms with Crippen LogP contribution in [0.3, 0.4) is 0 Å². The van der Waals surface area contributed by atoms with Crippen LogP contribution in [0.2, 0.25) is 0 Å². The van der Waals surface area contributed by atoms with Crippen molar-refractivity contribution in [2.45, 2.75) is 26.1 Å². The van der Waals surface area contributed by atoms with Crippen molar-refractivity contribution in [1.29, 1.82) is 0 Å². The van der Waals surface area contributed by atoms with Crippen molar-refractivity contribution >= 4 is 6.03 Å². The molecule has 26 heavy (non-hydrogen) atoms. The van der Waals surface area contributed by atoms with Crippen molar-refractivity contribution in [3.63, 3.8) is 0 Å². The summed E-state index contributed by atoms with van der Waals surface area (Å²) < 4.78 is 52.1. The van der Waals surface area contributed by atoms with Gasteiger partial charge in [-0.3, -0.25) is 0 Å². The van der Waals surface area contributed by atoms with Gasteiger partial charge in [-0.25, -0.2) is 9.18 Å². The average Bonchev–Trinajstić information content (AvgIpc) is 2.59. The standard InChI is InChI=1S/C19H20F4N2O/c1-2-25(13-14-6-5-8-16(20)12-14)18(26)24-11-10-15-7-3-4-9-17(15)19(21,22)23/h3-9,12H,2,10-11,13H2,1H3,(H,24,26). The van der Waals surface area contributed by atoms with Gasteiger partial charge in [0, 0.05) is 19.6 Å². The molecule has 2 rings (SSSR count). The summed E-state index contributed by atoms with van der Waals surface area (Å²) in [5, 5.41) is 2.62. The van der Waals surface area contributed by atoms with E-state index in [-0.39, 0.29) is 30.9 Å². The quantitative estimate of drug-likeness (QED) is 0.742. The molecule has 0 spiro atoms. The molecule has 0 radical (unpaired) electrons. The minimum atomic E-state index is -4.42. The van der Waals surface area contributed by atoms with Gasteiger partial charge in [0.05, 0.1) is 5.56 Å². The van der Waals surface area contributed by atoms with Crippen LogP contribution in [-0.4, -0.2) is 24.0 Å². The molecule has 2 aromatic carbocycles. The Balaban J connectivity index is 1.93. The summed E-state index contributed by atoms with van der Waals surface area (Å²) in [6, 6.07) is 10.8. The Morgan fingerprint density at radius 3 is 2.50 bits per heavy atom. The molecule has 2 amide bonds. The van der Waals surface area contributed by atoms with Crippen molar-refractivity contribution < 1.29 is 22.4 Å². The predicted octanol–water partition coefficient (Wildman–Crippen LogP) is 4.62. The highest BCUT2D eigenvalue weighted by molar-refractivity contribution is 5.74. The Morgan fingerprint density at radius 2 is 1.85 bits per heavy atom. The van der Waals surface area contributed by atoms with Crippen molar-refractivity contribution in [3.8, 4) is 0 Å². The van der Waals surface area contributed by atoms with E-state index in [1.54, 1.807) is 19.1 Å². The second-order valence-corrected chi connectivity index (χ2v) is 5.78. The van der Waals surface area contributed by atoms with Crippen LogP contribution in [0.15, 0.2) is 48.5 Å². The number of hydrogen-bond acceptors (Lipinski definition) is 1. The molecule has 3 nitrogen and oxygen atoms in total. The fourth-order valence-electron chi connectivity index (χ4n) is 2.61. The average molecular weight is 368 g/mol. The maximum Gasteiger partial charge on any atom is 0.416 e. The number of urea groups is 1. The zero-order valence-electron chi connectivity index (χ0n) is 14.3. The van der Waals surface area contributed by atoms with Gasteiger partial charge in [-0.2, -0.15) is 13.2 Å². The number of alkyl halides is 3. The minimum Gasteiger partial charge on any atom is -0.338 e. The summed E-state index contributed by atoms with van der Waals surface area (Å²) in [6.07, 6.45) is -4.35. The summed E-state index contributed by atoms with van der Waals surface area (Å²) in [7, 11) is 0. The van der Waals surface area contributed by atoms with Gasteiger partial charge in [-0.1, -0.05) is 30.3 Å². The van der Waals surface area contributed by atoms with Crippen molar-refractivity contribution in [3.05, 3.63) is 71.0 Å². The van der Waals surface area contributed by atoms with E-state index in [0.29, 0.717) is 12.1 Å². The van der Waals surface area contributed by atoms with E-state index in [2.05, 4.69) is 5.32 Å². The zero-order valence-corrected chi connectivity index (χ0v) is 14.3. The smallest absolute Gasteiger partial charge is 0.338 e. The first kappa shape index (κ1) is 19.8. The number of amides is 2. The number of benzene rings is 2. The van der Waals surface area contributed by atoms with Gasteiger partial charge >= 0.3 is 12.2 Å². The molecule has 0 fully saturated rings. The predicted molar refractivity (Wildman–Crippen MR) is 91.0 cm³/mol. The number of carbonyl (C=O) groups excluding carboxylic acids is 1. The Kier molecular flexibility index (Phi) is 6.60. The van der Waals surface area contributed by atoms with E-state index in [4.69, 9.17) is 0 Å². The van der Waals surface area contributed by atoms with Crippen molar-refractivity contribution in [2.24, 2.45) is 0 Å². The topological polar surface area (TPSA) is 32.3 Å². The molecule has 0 bridgehead atoms. The Morgan fingerprint density at radius 1 is 1.12 bits per heavy atom. The van der Waals surface area contributed by atoms with E-state index in [0.717, 1.165) is 6.07 Å². The van der Waals surface area contributed by atoms with Gasteiger partial charge in [-0.15, -0.1) is 0 Å². The largest absolute Gasteiger partial charge is 0.416 e. The van der Waals surface area contributed by atoms with Crippen LogP contribution < -0.4 is 5.32 Å². The Bertz CT molecular complexity index is 746. The lowest BCUT2D eigenvalue weighted by molar-refractivity contribution is -0.138. The molecule has 140 valence electrons. The number of nitrogens with zero attached hydrogens (tertiary/aromatic N) is 1. The summed E-state index contributed by atoms with van der Waals surface area (Å²) >= 11 is 0. The number of carbonyl (C=O) groups is 1. The minimum absolute atomic E-state index is 0.0684. The molecule has 1 N–H and O–H groups in total. The maximum atomic E-state index is 13.2. The SMILES string of the molecule is CCN(Cc1cccc(F)c1)C(=O)NCCc1ccccc1C(F)(F)F. The van der Waals surface area contributed by atoms with Crippen LogP contribution >= 0.6 is 0 Å². The molecule has 0 saturated carbocycles. The summed E-state index contributed by atoms with van der Waals surface area (Å²) in [4.78, 5) is 13.7. The lowest BCUT2D eigenvalue weighted by atomic mass is 10.0. The summed E-state index contributed by atoms with van der Waals surface area (Å²) in [6.45, 7) is 2.46. The van der Waals surface area contributed by atoms with Gasteiger partial charge in [0.25, 0.3) is 0 Å². The number of halogens is 4. The number of nitrogens with one attached hydrogen (secondary N) is 1. The lowest BCUT2D eigenvalue weighted by Gasteiger charge is -2.22. The van der Waals surface area contributed by atoms with Gasteiger partial charge in [0.15, 0.2) is 0 Å². The zero-order chi connectivity index (χ0) is 19.2. The summed E-state index contributed by atoms with van der Waals surface area (Å²) in [5.41, 5.74) is 0.0826. The fraction of sp³-hybridized carbons (Fsp3) is 0.316. The molecule has 0 aliphatic carbocycles. The summed E-state index contributed by atoms with van der Waals surface area (Å²) in [5.74, 6) is -0.386. The lowest BCUT2D eigenvalue weighted by Crippen LogP contribution is -2.40. The van der Waals surface area contributed by atoms with Crippen LogP contribution in [0.1, 0.15) is 23.6 Å². The van der Waals surface area contributed by atoms with E-state index < -0.39 is 17.8 Å². The van der Waals surface area contributed by atoms with E-state index in [1.165, 1.54) is 35.2 Å². The molecule has 0 unspecified atom stereocenters. The first-order valence-corrected chi connectivity index (χ1v) is 8.23. The van der Waals surface area contributed by atoms with Crippen LogP contribution in [0, 0.1) is 5.82 Å². The fourth-order valence-corrected chi connectivity index (χ4v) is 2.61. The highest BCUT2D eigenvalue weighted by Crippen LogP contribution is 2.31. The number of rotatable bonds is 6. The van der Waals surface area contributed by atoms with Crippen LogP contribution in [0.5, 0.6) is 0 Å². The van der Waals surface area contributed by atoms with E-state index in [9.17, 15) is 22.4 Å². The Hall–Kier alpha value is -2.57. The second-order valence-electron chi connectivity index (χ2n) is 5.78. The maximum absolute atomic E-state index is 13.2. The third-order valence-corrected chi connectivity index (χ3v) is 3.92. The van der Waals surface area contributed by atoms with E-state index >= 15 is 0 Å². The van der Waals surface area contributed by atoms with Crippen LogP contribution in [0.25, 0.3) is 0 Å². The third-order valence-electron chi connectivity index (χ3n) is 3.92. The monoisotopic (exact) mass is 368 g/mol. The third kappa shape index (κ3) is 5.47. The van der Waals surface area contributed by atoms with Gasteiger partial charge in [0.2, 0.25) is 0 Å². The molecular formula is C19H20F4N2O. The number of hydrogen-bond donors (Lipinski definition) is 1. The molecule has 7 heteroatoms. The molecule has 0 aliphatic rings. The molecule has 0 saturated heterocycles. The molecule has 0 heterocycles. The highest BCUT2D eigenvalue weighted by Gasteiger charge is 2.32. The molecule has 0 aliphatic heterocycles. The van der Waals surface area contributed by atoms with Crippen molar-refractivity contribution in [2.75, 3.05) is 13.1 Å². The van der Waals surface area contributed by atoms with Gasteiger partial charge in [0.1, 0.15) is 5.82 Å². The first-order chi connectivity index (χ1) is 12.3. The van der Waals surface area contributed by atoms with E-state index in [1.807, 2.05) is 0 Å². The van der Waals surface area contributed by atoms with Crippen LogP contribution in [0.4, 0.5) is 22.4 Å². The second kappa shape index (κ2) is 8.69. The molecule has 0 atom stereocenters. The highest BCUT2D eigenvalue weighted by atomic mass is 19.4. The van der Waals surface area contributed by atoms with Gasteiger partial charge in [-0.05, 0) is 42.7 Å². The van der Waals surface area contributed by atoms with Gasteiger partial charge < -0.3 is 10.2 Å². The first-order valence-electron chi connectivity index (χ1n) is 8.23. The molecule has 2 aromatic rings.